The van der Waals surface area contributed by atoms with Gasteiger partial charge in [-0.1, -0.05) is 24.3 Å². The van der Waals surface area contributed by atoms with E-state index in [9.17, 15) is 19.8 Å². The zero-order valence-electron chi connectivity index (χ0n) is 12.3. The summed E-state index contributed by atoms with van der Waals surface area (Å²) in [5.74, 6) is -0.764. The lowest BCUT2D eigenvalue weighted by molar-refractivity contribution is -0.153. The van der Waals surface area contributed by atoms with E-state index in [1.54, 1.807) is 30.3 Å². The van der Waals surface area contributed by atoms with Crippen LogP contribution in [0, 0.1) is 5.92 Å². The number of amides is 1. The average Bonchev–Trinajstić information content (AvgIpc) is 2.93. The highest BCUT2D eigenvalue weighted by molar-refractivity contribution is 6.01. The number of carbonyl (C=O) groups is 2. The number of carbonyl (C=O) groups excluding carboxylic acids is 1. The van der Waals surface area contributed by atoms with Gasteiger partial charge in [0.2, 0.25) is 5.91 Å². The molecule has 6 heteroatoms. The second kappa shape index (κ2) is 4.96. The molecule has 3 N–H and O–H groups in total. The number of nitrogens with zero attached hydrogens (tertiary/aromatic N) is 1. The predicted molar refractivity (Wildman–Crippen MR) is 82.3 cm³/mol. The first-order valence-electron chi connectivity index (χ1n) is 7.56. The van der Waals surface area contributed by atoms with Crippen LogP contribution in [0.5, 0.6) is 5.75 Å². The zero-order chi connectivity index (χ0) is 16.1. The monoisotopic (exact) mass is 312 g/mol. The highest BCUT2D eigenvalue weighted by Crippen LogP contribution is 2.43. The van der Waals surface area contributed by atoms with Crippen molar-refractivity contribution in [1.82, 2.24) is 10.2 Å². The molecule has 3 aliphatic rings. The number of allylic oxidation sites excluding steroid dienone is 2. The minimum Gasteiger partial charge on any atom is -0.508 e. The minimum atomic E-state index is -1.06. The van der Waals surface area contributed by atoms with Gasteiger partial charge in [-0.3, -0.25) is 9.69 Å². The third kappa shape index (κ3) is 2.06. The fourth-order valence-electron chi connectivity index (χ4n) is 3.76. The Bertz CT molecular complexity index is 750. The third-order valence-electron chi connectivity index (χ3n) is 4.83. The summed E-state index contributed by atoms with van der Waals surface area (Å²) in [5.41, 5.74) is 1.63. The summed E-state index contributed by atoms with van der Waals surface area (Å²) in [5, 5.41) is 22.0. The number of benzene rings is 1. The fourth-order valence-corrected chi connectivity index (χ4v) is 3.76. The summed E-state index contributed by atoms with van der Waals surface area (Å²) in [4.78, 5) is 25.2. The number of β-lactam (4-membered cyclic amide) rings is 1. The zero-order valence-corrected chi connectivity index (χ0v) is 12.3. The summed E-state index contributed by atoms with van der Waals surface area (Å²) < 4.78 is 0. The molecule has 0 unspecified atom stereocenters. The number of hydrogen-bond donors (Lipinski definition) is 3. The van der Waals surface area contributed by atoms with E-state index in [1.165, 1.54) is 4.90 Å². The summed E-state index contributed by atoms with van der Waals surface area (Å²) in [6.45, 7) is 0.737. The summed E-state index contributed by atoms with van der Waals surface area (Å²) >= 11 is 0. The fraction of sp³-hybridized carbons (Fsp3) is 0.294. The molecular formula is C17H16N2O4. The average molecular weight is 312 g/mol. The van der Waals surface area contributed by atoms with Crippen molar-refractivity contribution < 1.29 is 19.8 Å². The molecule has 6 nitrogen and oxygen atoms in total. The van der Waals surface area contributed by atoms with Crippen molar-refractivity contribution in [3.05, 3.63) is 47.2 Å². The Kier molecular flexibility index (Phi) is 3.02. The second-order valence-electron chi connectivity index (χ2n) is 6.15. The molecule has 1 amide bonds. The van der Waals surface area contributed by atoms with Crippen molar-refractivity contribution in [2.45, 2.75) is 18.5 Å². The Balaban J connectivity index is 1.69. The molecule has 0 aliphatic carbocycles. The molecule has 3 atom stereocenters. The number of rotatable bonds is 3. The van der Waals surface area contributed by atoms with Crippen LogP contribution in [0.3, 0.4) is 0 Å². The van der Waals surface area contributed by atoms with Gasteiger partial charge in [-0.05, 0) is 35.6 Å². The van der Waals surface area contributed by atoms with Gasteiger partial charge >= 0.3 is 5.97 Å². The van der Waals surface area contributed by atoms with Gasteiger partial charge in [0, 0.05) is 6.54 Å². The van der Waals surface area contributed by atoms with E-state index in [4.69, 9.17) is 0 Å². The van der Waals surface area contributed by atoms with E-state index in [1.807, 2.05) is 6.08 Å². The quantitative estimate of drug-likeness (QED) is 0.723. The van der Waals surface area contributed by atoms with Crippen LogP contribution in [-0.2, 0) is 9.59 Å². The summed E-state index contributed by atoms with van der Waals surface area (Å²) in [6.07, 6.45) is 4.22. The van der Waals surface area contributed by atoms with Crippen LogP contribution in [0.15, 0.2) is 41.6 Å². The Morgan fingerprint density at radius 3 is 2.70 bits per heavy atom. The first-order chi connectivity index (χ1) is 11.1. The molecular weight excluding hydrogens is 296 g/mol. The molecule has 0 aromatic heterocycles. The largest absolute Gasteiger partial charge is 0.508 e. The van der Waals surface area contributed by atoms with E-state index in [0.29, 0.717) is 12.0 Å². The van der Waals surface area contributed by atoms with Crippen LogP contribution in [0.2, 0.25) is 0 Å². The van der Waals surface area contributed by atoms with Crippen molar-refractivity contribution in [2.75, 3.05) is 6.54 Å². The van der Waals surface area contributed by atoms with Crippen LogP contribution in [0.4, 0.5) is 0 Å². The molecule has 0 saturated carbocycles. The Morgan fingerprint density at radius 1 is 1.26 bits per heavy atom. The molecule has 0 radical (unpaired) electrons. The number of hydrogen-bond acceptors (Lipinski definition) is 4. The van der Waals surface area contributed by atoms with Gasteiger partial charge in [-0.25, -0.2) is 4.79 Å². The molecule has 3 aliphatic heterocycles. The van der Waals surface area contributed by atoms with Gasteiger partial charge in [0.1, 0.15) is 17.5 Å². The third-order valence-corrected chi connectivity index (χ3v) is 4.83. The Labute approximate surface area is 132 Å². The molecule has 23 heavy (non-hydrogen) atoms. The van der Waals surface area contributed by atoms with Crippen LogP contribution >= 0.6 is 0 Å². The van der Waals surface area contributed by atoms with Gasteiger partial charge in [-0.15, -0.1) is 0 Å². The SMILES string of the molecule is O=C(O)C1=C(/C=C/c2ccc(O)cc2)C[C@@H]2CN[C@@H]3C(=O)N1[C@H]23. The number of carboxylic acid groups (broad SMARTS) is 1. The number of aromatic hydroxyl groups is 1. The van der Waals surface area contributed by atoms with Crippen LogP contribution < -0.4 is 5.32 Å². The maximum Gasteiger partial charge on any atom is 0.352 e. The number of carboxylic acids is 1. The Morgan fingerprint density at radius 2 is 2.00 bits per heavy atom. The maximum atomic E-state index is 12.1. The van der Waals surface area contributed by atoms with Gasteiger partial charge in [0.05, 0.1) is 6.04 Å². The van der Waals surface area contributed by atoms with Gasteiger partial charge < -0.3 is 15.5 Å². The topological polar surface area (TPSA) is 89.9 Å². The van der Waals surface area contributed by atoms with E-state index in [2.05, 4.69) is 5.32 Å². The molecule has 2 fully saturated rings. The molecule has 118 valence electrons. The van der Waals surface area contributed by atoms with E-state index >= 15 is 0 Å². The van der Waals surface area contributed by atoms with Crippen molar-refractivity contribution in [2.24, 2.45) is 5.92 Å². The first kappa shape index (κ1) is 14.0. The van der Waals surface area contributed by atoms with E-state index < -0.39 is 5.97 Å². The molecule has 0 bridgehead atoms. The van der Waals surface area contributed by atoms with Gasteiger partial charge in [-0.2, -0.15) is 0 Å². The smallest absolute Gasteiger partial charge is 0.352 e. The summed E-state index contributed by atoms with van der Waals surface area (Å²) in [6, 6.07) is 6.43. The molecule has 1 aromatic rings. The van der Waals surface area contributed by atoms with Gasteiger partial charge in [0.15, 0.2) is 0 Å². The lowest BCUT2D eigenvalue weighted by Gasteiger charge is -2.48. The molecule has 0 spiro atoms. The number of phenolic OH excluding ortho intramolecular Hbond substituents is 1. The predicted octanol–water partition coefficient (Wildman–Crippen LogP) is 0.947. The number of aliphatic carboxylic acids is 1. The van der Waals surface area contributed by atoms with Crippen molar-refractivity contribution >= 4 is 18.0 Å². The first-order valence-corrected chi connectivity index (χ1v) is 7.56. The van der Waals surface area contributed by atoms with Gasteiger partial charge in [0.25, 0.3) is 0 Å². The van der Waals surface area contributed by atoms with Crippen molar-refractivity contribution in [3.63, 3.8) is 0 Å². The highest BCUT2D eigenvalue weighted by atomic mass is 16.4. The molecule has 1 aromatic carbocycles. The van der Waals surface area contributed by atoms with E-state index in [-0.39, 0.29) is 35.4 Å². The molecule has 4 rings (SSSR count). The number of nitrogens with one attached hydrogen (secondary N) is 1. The normalized spacial score (nSPS) is 29.0. The standard InChI is InChI=1S/C17H16N2O4/c20-12-5-2-9(3-6-12)1-4-10-7-11-8-18-13-14(11)19(16(13)21)15(10)17(22)23/h1-6,11,13-14,18,20H,7-8H2,(H,22,23)/b4-1+/t11-,13+,14-/m1/s1. The van der Waals surface area contributed by atoms with Crippen LogP contribution in [0.1, 0.15) is 12.0 Å². The van der Waals surface area contributed by atoms with Crippen molar-refractivity contribution in [1.29, 1.82) is 0 Å². The van der Waals surface area contributed by atoms with Crippen LogP contribution in [0.25, 0.3) is 6.08 Å². The lowest BCUT2D eigenvalue weighted by atomic mass is 9.79. The molecule has 3 heterocycles. The maximum absolute atomic E-state index is 12.1. The van der Waals surface area contributed by atoms with E-state index in [0.717, 1.165) is 12.1 Å². The Hall–Kier alpha value is -2.60. The number of phenols is 1. The van der Waals surface area contributed by atoms with Crippen LogP contribution in [-0.4, -0.2) is 45.6 Å². The minimum absolute atomic E-state index is 0.0144. The summed E-state index contributed by atoms with van der Waals surface area (Å²) in [7, 11) is 0. The highest BCUT2D eigenvalue weighted by Gasteiger charge is 2.59. The second-order valence-corrected chi connectivity index (χ2v) is 6.15. The lowest BCUT2D eigenvalue weighted by Crippen LogP contribution is -2.68. The van der Waals surface area contributed by atoms with Crippen molar-refractivity contribution in [3.8, 4) is 5.75 Å². The molecule has 2 saturated heterocycles.